The fraction of sp³-hybridized carbons (Fsp3) is 0.684. The number of fused-ring (bicyclic) bond motifs is 2. The van der Waals surface area contributed by atoms with Gasteiger partial charge in [0.15, 0.2) is 0 Å². The maximum absolute atomic E-state index is 3.85. The van der Waals surface area contributed by atoms with Crippen LogP contribution in [0, 0.1) is 23.7 Å². The number of hydrogen-bond donors (Lipinski definition) is 1. The molecule has 3 rings (SSSR count). The number of rotatable bonds is 3. The van der Waals surface area contributed by atoms with E-state index >= 15 is 0 Å². The first-order valence-corrected chi connectivity index (χ1v) is 8.49. The van der Waals surface area contributed by atoms with Crippen LogP contribution in [0.15, 0.2) is 30.3 Å². The normalized spacial score (nSPS) is 37.1. The minimum absolute atomic E-state index is 0.766. The summed E-state index contributed by atoms with van der Waals surface area (Å²) in [5.74, 6) is 4.17. The van der Waals surface area contributed by atoms with Gasteiger partial charge in [-0.1, -0.05) is 57.5 Å². The summed E-state index contributed by atoms with van der Waals surface area (Å²) >= 11 is 0. The third-order valence-electron chi connectivity index (χ3n) is 5.94. The Hall–Kier alpha value is -0.820. The van der Waals surface area contributed by atoms with Crippen molar-refractivity contribution in [2.45, 2.75) is 52.0 Å². The third-order valence-corrected chi connectivity index (χ3v) is 5.94. The first-order chi connectivity index (χ1) is 9.70. The largest absolute Gasteiger partial charge is 0.313 e. The molecule has 1 nitrogen and oxygen atoms in total. The molecule has 1 aromatic rings. The molecule has 1 heteroatoms. The van der Waals surface area contributed by atoms with Crippen molar-refractivity contribution < 1.29 is 0 Å². The Kier molecular flexibility index (Phi) is 4.16. The van der Waals surface area contributed by atoms with E-state index in [1.165, 1.54) is 25.8 Å². The van der Waals surface area contributed by atoms with Crippen molar-refractivity contribution in [3.8, 4) is 0 Å². The van der Waals surface area contributed by atoms with Gasteiger partial charge in [-0.3, -0.25) is 0 Å². The maximum Gasteiger partial charge on any atom is 0.0101 e. The highest BCUT2D eigenvalue weighted by Crippen LogP contribution is 2.48. The van der Waals surface area contributed by atoms with Crippen molar-refractivity contribution in [3.63, 3.8) is 0 Å². The van der Waals surface area contributed by atoms with Gasteiger partial charge in [-0.25, -0.2) is 0 Å². The summed E-state index contributed by atoms with van der Waals surface area (Å²) in [5.41, 5.74) is 1.59. The maximum atomic E-state index is 3.85. The topological polar surface area (TPSA) is 12.0 Å². The first-order valence-electron chi connectivity index (χ1n) is 8.49. The molecule has 0 aromatic heterocycles. The van der Waals surface area contributed by atoms with Gasteiger partial charge in [0.25, 0.3) is 0 Å². The van der Waals surface area contributed by atoms with Gasteiger partial charge >= 0.3 is 0 Å². The standard InChI is InChI=1S/C19H29N/c1-4-14-12-20-19-11-18(14)17(10-16(19)13(2)3)15-8-6-5-7-9-15/h5-9,13-14,16-20H,4,10-12H2,1-3H3. The van der Waals surface area contributed by atoms with E-state index in [1.54, 1.807) is 5.56 Å². The van der Waals surface area contributed by atoms with Gasteiger partial charge < -0.3 is 5.32 Å². The van der Waals surface area contributed by atoms with Crippen LogP contribution in [0.4, 0.5) is 0 Å². The fourth-order valence-corrected chi connectivity index (χ4v) is 4.74. The van der Waals surface area contributed by atoms with E-state index in [4.69, 9.17) is 0 Å². The van der Waals surface area contributed by atoms with Crippen LogP contribution in [0.1, 0.15) is 51.5 Å². The summed E-state index contributed by atoms with van der Waals surface area (Å²) in [7, 11) is 0. The predicted molar refractivity (Wildman–Crippen MR) is 85.8 cm³/mol. The highest BCUT2D eigenvalue weighted by molar-refractivity contribution is 5.23. The van der Waals surface area contributed by atoms with Crippen LogP contribution in [0.25, 0.3) is 0 Å². The molecule has 110 valence electrons. The number of piperidine rings is 1. The lowest BCUT2D eigenvalue weighted by Gasteiger charge is -2.50. The number of nitrogens with one attached hydrogen (secondary N) is 1. The Labute approximate surface area is 124 Å². The molecule has 1 saturated carbocycles. The second kappa shape index (κ2) is 5.89. The van der Waals surface area contributed by atoms with Crippen LogP contribution < -0.4 is 5.32 Å². The van der Waals surface area contributed by atoms with Crippen LogP contribution in [0.5, 0.6) is 0 Å². The summed E-state index contributed by atoms with van der Waals surface area (Å²) in [5, 5.41) is 3.85. The number of hydrogen-bond acceptors (Lipinski definition) is 1. The van der Waals surface area contributed by atoms with Gasteiger partial charge in [-0.05, 0) is 54.5 Å². The molecule has 2 bridgehead atoms. The monoisotopic (exact) mass is 271 g/mol. The summed E-state index contributed by atoms with van der Waals surface area (Å²) in [4.78, 5) is 0. The van der Waals surface area contributed by atoms with E-state index in [-0.39, 0.29) is 0 Å². The van der Waals surface area contributed by atoms with Crippen LogP contribution in [0.2, 0.25) is 0 Å². The smallest absolute Gasteiger partial charge is 0.0101 e. The van der Waals surface area contributed by atoms with Crippen molar-refractivity contribution in [2.24, 2.45) is 23.7 Å². The molecule has 0 radical (unpaired) electrons. The van der Waals surface area contributed by atoms with Gasteiger partial charge in [0.05, 0.1) is 0 Å². The van der Waals surface area contributed by atoms with Crippen molar-refractivity contribution in [1.82, 2.24) is 5.32 Å². The molecular weight excluding hydrogens is 242 g/mol. The van der Waals surface area contributed by atoms with E-state index in [0.29, 0.717) is 0 Å². The van der Waals surface area contributed by atoms with Crippen molar-refractivity contribution >= 4 is 0 Å². The summed E-state index contributed by atoms with van der Waals surface area (Å²) in [6.07, 6.45) is 4.08. The van der Waals surface area contributed by atoms with Crippen molar-refractivity contribution in [2.75, 3.05) is 6.54 Å². The van der Waals surface area contributed by atoms with Crippen LogP contribution in [-0.2, 0) is 0 Å². The molecule has 20 heavy (non-hydrogen) atoms. The molecule has 1 aliphatic heterocycles. The lowest BCUT2D eigenvalue weighted by Crippen LogP contribution is -2.54. The average molecular weight is 271 g/mol. The molecule has 2 fully saturated rings. The Morgan fingerprint density at radius 3 is 2.55 bits per heavy atom. The Morgan fingerprint density at radius 2 is 1.90 bits per heavy atom. The average Bonchev–Trinajstić information content (AvgIpc) is 2.48. The van der Waals surface area contributed by atoms with Gasteiger partial charge in [0.2, 0.25) is 0 Å². The van der Waals surface area contributed by atoms with Gasteiger partial charge in [-0.15, -0.1) is 0 Å². The molecule has 5 atom stereocenters. The Bertz CT molecular complexity index is 425. The molecule has 1 saturated heterocycles. The zero-order valence-electron chi connectivity index (χ0n) is 13.2. The third kappa shape index (κ3) is 2.53. The number of benzene rings is 1. The molecule has 1 heterocycles. The molecule has 1 N–H and O–H groups in total. The summed E-state index contributed by atoms with van der Waals surface area (Å²) in [6, 6.07) is 12.1. The molecule has 1 aliphatic carbocycles. The second-order valence-corrected chi connectivity index (χ2v) is 7.24. The Balaban J connectivity index is 1.89. The van der Waals surface area contributed by atoms with E-state index in [2.05, 4.69) is 56.4 Å². The van der Waals surface area contributed by atoms with Crippen LogP contribution in [-0.4, -0.2) is 12.6 Å². The zero-order valence-corrected chi connectivity index (χ0v) is 13.2. The molecule has 2 aliphatic rings. The lowest BCUT2D eigenvalue weighted by molar-refractivity contribution is 0.0612. The Morgan fingerprint density at radius 1 is 1.15 bits per heavy atom. The highest BCUT2D eigenvalue weighted by Gasteiger charge is 2.44. The highest BCUT2D eigenvalue weighted by atomic mass is 15.0. The van der Waals surface area contributed by atoms with Gasteiger partial charge in [0, 0.05) is 6.04 Å². The van der Waals surface area contributed by atoms with E-state index in [9.17, 15) is 0 Å². The minimum Gasteiger partial charge on any atom is -0.313 e. The predicted octanol–water partition coefficient (Wildman–Crippen LogP) is 4.45. The van der Waals surface area contributed by atoms with Gasteiger partial charge in [0.1, 0.15) is 0 Å². The van der Waals surface area contributed by atoms with E-state index in [1.807, 2.05) is 0 Å². The van der Waals surface area contributed by atoms with E-state index in [0.717, 1.165) is 35.6 Å². The fourth-order valence-electron chi connectivity index (χ4n) is 4.74. The van der Waals surface area contributed by atoms with Crippen molar-refractivity contribution in [1.29, 1.82) is 0 Å². The summed E-state index contributed by atoms with van der Waals surface area (Å²) < 4.78 is 0. The van der Waals surface area contributed by atoms with Crippen LogP contribution >= 0.6 is 0 Å². The van der Waals surface area contributed by atoms with Crippen LogP contribution in [0.3, 0.4) is 0 Å². The summed E-state index contributed by atoms with van der Waals surface area (Å²) in [6.45, 7) is 8.41. The molecule has 5 unspecified atom stereocenters. The van der Waals surface area contributed by atoms with Gasteiger partial charge in [-0.2, -0.15) is 0 Å². The molecular formula is C19H29N. The quantitative estimate of drug-likeness (QED) is 0.856. The SMILES string of the molecule is CCC1CNC2CC1C(c1ccccc1)CC2C(C)C. The van der Waals surface area contributed by atoms with E-state index < -0.39 is 0 Å². The molecule has 1 aromatic carbocycles. The lowest BCUT2D eigenvalue weighted by atomic mass is 9.60. The zero-order chi connectivity index (χ0) is 14.1. The first kappa shape index (κ1) is 14.1. The minimum atomic E-state index is 0.766. The van der Waals surface area contributed by atoms with Crippen molar-refractivity contribution in [3.05, 3.63) is 35.9 Å². The molecule has 0 spiro atoms. The molecule has 0 amide bonds. The second-order valence-electron chi connectivity index (χ2n) is 7.24.